The second-order valence-electron chi connectivity index (χ2n) is 5.58. The van der Waals surface area contributed by atoms with E-state index in [2.05, 4.69) is 54.2 Å². The molecule has 19 heavy (non-hydrogen) atoms. The van der Waals surface area contributed by atoms with Crippen molar-refractivity contribution in [3.8, 4) is 0 Å². The van der Waals surface area contributed by atoms with Crippen LogP contribution in [0.3, 0.4) is 0 Å². The van der Waals surface area contributed by atoms with E-state index in [0.717, 1.165) is 34.9 Å². The Hall–Kier alpha value is -0.830. The summed E-state index contributed by atoms with van der Waals surface area (Å²) in [5.74, 6) is 0.0419. The van der Waals surface area contributed by atoms with Crippen LogP contribution in [-0.4, -0.2) is 16.8 Å². The topological polar surface area (TPSA) is 29.1 Å². The minimum Gasteiger partial charge on any atom is -0.347 e. The highest BCUT2D eigenvalue weighted by Gasteiger charge is 2.25. The summed E-state index contributed by atoms with van der Waals surface area (Å²) >= 11 is 3.46. The van der Waals surface area contributed by atoms with E-state index in [1.807, 2.05) is 13.8 Å². The summed E-state index contributed by atoms with van der Waals surface area (Å²) in [6, 6.07) is 4.13. The monoisotopic (exact) mass is 325 g/mol. The Morgan fingerprint density at radius 2 is 1.79 bits per heavy atom. The van der Waals surface area contributed by atoms with Gasteiger partial charge in [0.15, 0.2) is 0 Å². The number of benzene rings is 1. The third kappa shape index (κ3) is 4.07. The zero-order chi connectivity index (χ0) is 14.6. The highest BCUT2D eigenvalue weighted by atomic mass is 79.9. The molecule has 1 amide bonds. The number of amides is 1. The molecule has 106 valence electrons. The summed E-state index contributed by atoms with van der Waals surface area (Å²) < 4.78 is 0. The Labute approximate surface area is 125 Å². The molecule has 2 nitrogen and oxygen atoms in total. The summed E-state index contributed by atoms with van der Waals surface area (Å²) in [6.07, 6.45) is 1.85. The van der Waals surface area contributed by atoms with Crippen LogP contribution in [0.2, 0.25) is 0 Å². The molecule has 1 aromatic carbocycles. The van der Waals surface area contributed by atoms with Crippen molar-refractivity contribution in [2.24, 2.45) is 0 Å². The standard InChI is InChI=1S/C16H24BrNO/c1-6-16(5,7-8-17)18-15(19)14-12(3)9-11(2)10-13(14)4/h9-10H,6-8H2,1-5H3,(H,18,19). The fraction of sp³-hybridized carbons (Fsp3) is 0.562. The average molecular weight is 326 g/mol. The summed E-state index contributed by atoms with van der Waals surface area (Å²) in [7, 11) is 0. The van der Waals surface area contributed by atoms with Crippen molar-refractivity contribution in [2.45, 2.75) is 53.0 Å². The van der Waals surface area contributed by atoms with Crippen molar-refractivity contribution < 1.29 is 4.79 Å². The molecule has 0 radical (unpaired) electrons. The van der Waals surface area contributed by atoms with E-state index < -0.39 is 0 Å². The van der Waals surface area contributed by atoms with Crippen molar-refractivity contribution in [1.82, 2.24) is 5.32 Å². The normalized spacial score (nSPS) is 14.0. The van der Waals surface area contributed by atoms with E-state index in [1.54, 1.807) is 0 Å². The number of hydrogen-bond acceptors (Lipinski definition) is 1. The van der Waals surface area contributed by atoms with Gasteiger partial charge >= 0.3 is 0 Å². The molecule has 1 atom stereocenters. The first-order valence-corrected chi connectivity index (χ1v) is 7.91. The largest absolute Gasteiger partial charge is 0.347 e. The molecular formula is C16H24BrNO. The van der Waals surface area contributed by atoms with Crippen molar-refractivity contribution in [1.29, 1.82) is 0 Å². The van der Waals surface area contributed by atoms with Gasteiger partial charge < -0.3 is 5.32 Å². The molecule has 1 rings (SSSR count). The molecule has 0 bridgehead atoms. The lowest BCUT2D eigenvalue weighted by Crippen LogP contribution is -2.46. The quantitative estimate of drug-likeness (QED) is 0.803. The third-order valence-corrected chi connectivity index (χ3v) is 4.14. The minimum absolute atomic E-state index is 0.0419. The molecule has 3 heteroatoms. The Balaban J connectivity index is 3.02. The number of aryl methyl sites for hydroxylation is 3. The van der Waals surface area contributed by atoms with Gasteiger partial charge in [0.05, 0.1) is 0 Å². The molecule has 0 heterocycles. The maximum absolute atomic E-state index is 12.5. The SMILES string of the molecule is CCC(C)(CCBr)NC(=O)c1c(C)cc(C)cc1C. The van der Waals surface area contributed by atoms with Gasteiger partial charge in [-0.25, -0.2) is 0 Å². The van der Waals surface area contributed by atoms with Crippen LogP contribution in [0.1, 0.15) is 53.7 Å². The molecule has 0 aliphatic heterocycles. The van der Waals surface area contributed by atoms with Crippen molar-refractivity contribution in [2.75, 3.05) is 5.33 Å². The van der Waals surface area contributed by atoms with Crippen molar-refractivity contribution >= 4 is 21.8 Å². The number of rotatable bonds is 5. The third-order valence-electron chi connectivity index (χ3n) is 3.75. The van der Waals surface area contributed by atoms with Gasteiger partial charge in [0.25, 0.3) is 5.91 Å². The van der Waals surface area contributed by atoms with E-state index in [0.29, 0.717) is 0 Å². The Bertz CT molecular complexity index is 447. The number of carbonyl (C=O) groups is 1. The van der Waals surface area contributed by atoms with Crippen LogP contribution in [0.5, 0.6) is 0 Å². The lowest BCUT2D eigenvalue weighted by Gasteiger charge is -2.29. The maximum Gasteiger partial charge on any atom is 0.252 e. The number of nitrogens with one attached hydrogen (secondary N) is 1. The van der Waals surface area contributed by atoms with Crippen LogP contribution >= 0.6 is 15.9 Å². The number of carbonyl (C=O) groups excluding carboxylic acids is 1. The van der Waals surface area contributed by atoms with Crippen LogP contribution in [0.25, 0.3) is 0 Å². The molecule has 0 aliphatic carbocycles. The molecule has 1 unspecified atom stereocenters. The Morgan fingerprint density at radius 3 is 2.21 bits per heavy atom. The molecule has 0 fully saturated rings. The first-order chi connectivity index (χ1) is 8.83. The van der Waals surface area contributed by atoms with E-state index >= 15 is 0 Å². The fourth-order valence-corrected chi connectivity index (χ4v) is 3.29. The first-order valence-electron chi connectivity index (χ1n) is 6.79. The minimum atomic E-state index is -0.148. The summed E-state index contributed by atoms with van der Waals surface area (Å²) in [6.45, 7) is 10.3. The summed E-state index contributed by atoms with van der Waals surface area (Å²) in [5.41, 5.74) is 3.97. The van der Waals surface area contributed by atoms with Gasteiger partial charge in [0, 0.05) is 16.4 Å². The molecule has 0 saturated carbocycles. The van der Waals surface area contributed by atoms with Crippen LogP contribution in [-0.2, 0) is 0 Å². The van der Waals surface area contributed by atoms with E-state index in [4.69, 9.17) is 0 Å². The number of alkyl halides is 1. The van der Waals surface area contributed by atoms with E-state index in [-0.39, 0.29) is 11.4 Å². The van der Waals surface area contributed by atoms with E-state index in [9.17, 15) is 4.79 Å². The zero-order valence-corrected chi connectivity index (χ0v) is 14.1. The Morgan fingerprint density at radius 1 is 1.26 bits per heavy atom. The molecule has 0 aromatic heterocycles. The second kappa shape index (κ2) is 6.56. The first kappa shape index (κ1) is 16.2. The van der Waals surface area contributed by atoms with Gasteiger partial charge in [-0.3, -0.25) is 4.79 Å². The molecule has 0 spiro atoms. The van der Waals surface area contributed by atoms with Crippen molar-refractivity contribution in [3.63, 3.8) is 0 Å². The predicted octanol–water partition coefficient (Wildman–Crippen LogP) is 4.30. The number of halogens is 1. The van der Waals surface area contributed by atoms with E-state index in [1.165, 1.54) is 5.56 Å². The van der Waals surface area contributed by atoms with Crippen LogP contribution in [0, 0.1) is 20.8 Å². The highest BCUT2D eigenvalue weighted by molar-refractivity contribution is 9.09. The average Bonchev–Trinajstić information content (AvgIpc) is 2.27. The molecule has 1 N–H and O–H groups in total. The fourth-order valence-electron chi connectivity index (χ4n) is 2.41. The maximum atomic E-state index is 12.5. The second-order valence-corrected chi connectivity index (χ2v) is 6.37. The highest BCUT2D eigenvalue weighted by Crippen LogP contribution is 2.20. The van der Waals surface area contributed by atoms with Gasteiger partial charge in [-0.05, 0) is 51.7 Å². The lowest BCUT2D eigenvalue weighted by atomic mass is 9.93. The molecule has 0 saturated heterocycles. The molecule has 0 aliphatic rings. The van der Waals surface area contributed by atoms with Gasteiger partial charge in [-0.15, -0.1) is 0 Å². The van der Waals surface area contributed by atoms with Gasteiger partial charge in [0.1, 0.15) is 0 Å². The van der Waals surface area contributed by atoms with Gasteiger partial charge in [0.2, 0.25) is 0 Å². The zero-order valence-electron chi connectivity index (χ0n) is 12.6. The molecular weight excluding hydrogens is 302 g/mol. The van der Waals surface area contributed by atoms with Crippen molar-refractivity contribution in [3.05, 3.63) is 34.4 Å². The lowest BCUT2D eigenvalue weighted by molar-refractivity contribution is 0.0900. The van der Waals surface area contributed by atoms with Crippen LogP contribution < -0.4 is 5.32 Å². The Kier molecular flexibility index (Phi) is 5.60. The summed E-state index contributed by atoms with van der Waals surface area (Å²) in [5, 5.41) is 4.08. The molecule has 1 aromatic rings. The summed E-state index contributed by atoms with van der Waals surface area (Å²) in [4.78, 5) is 12.5. The van der Waals surface area contributed by atoms with Crippen LogP contribution in [0.15, 0.2) is 12.1 Å². The number of hydrogen-bond donors (Lipinski definition) is 1. The van der Waals surface area contributed by atoms with Crippen LogP contribution in [0.4, 0.5) is 0 Å². The predicted molar refractivity (Wildman–Crippen MR) is 85.2 cm³/mol. The smallest absolute Gasteiger partial charge is 0.252 e. The van der Waals surface area contributed by atoms with Gasteiger partial charge in [-0.2, -0.15) is 0 Å². The van der Waals surface area contributed by atoms with Gasteiger partial charge in [-0.1, -0.05) is 40.5 Å².